The molecule has 3 aromatic rings. The summed E-state index contributed by atoms with van der Waals surface area (Å²) in [6.07, 6.45) is 2.41. The maximum Gasteiger partial charge on any atom is 0.251 e. The van der Waals surface area contributed by atoms with E-state index in [4.69, 9.17) is 10.1 Å². The van der Waals surface area contributed by atoms with Crippen LogP contribution in [0.4, 0.5) is 11.4 Å². The SMILES string of the molecule is CC(=N)c1ccc(N2CCCOc3cc(C(=O)NCc4ccc(S(C)=O)cc4)ccc32)cc1O. The number of fused-ring (bicyclic) bond motifs is 1. The molecule has 0 aliphatic carbocycles. The summed E-state index contributed by atoms with van der Waals surface area (Å²) < 4.78 is 17.5. The summed E-state index contributed by atoms with van der Waals surface area (Å²) in [6, 6.07) is 17.9. The number of phenols is 1. The van der Waals surface area contributed by atoms with Gasteiger partial charge in [0.1, 0.15) is 11.5 Å². The molecule has 0 saturated carbocycles. The van der Waals surface area contributed by atoms with Crippen LogP contribution in [-0.2, 0) is 17.3 Å². The number of phenolic OH excluding ortho intramolecular Hbond substituents is 1. The minimum atomic E-state index is -1.03. The largest absolute Gasteiger partial charge is 0.507 e. The van der Waals surface area contributed by atoms with Gasteiger partial charge in [-0.2, -0.15) is 0 Å². The Morgan fingerprint density at radius 1 is 1.15 bits per heavy atom. The monoisotopic (exact) mass is 477 g/mol. The molecule has 176 valence electrons. The lowest BCUT2D eigenvalue weighted by atomic mass is 10.1. The molecule has 0 radical (unpaired) electrons. The van der Waals surface area contributed by atoms with E-state index in [2.05, 4.69) is 5.32 Å². The highest BCUT2D eigenvalue weighted by Gasteiger charge is 2.21. The summed E-state index contributed by atoms with van der Waals surface area (Å²) in [7, 11) is -1.03. The first-order chi connectivity index (χ1) is 16.3. The number of nitrogens with one attached hydrogen (secondary N) is 2. The molecule has 34 heavy (non-hydrogen) atoms. The summed E-state index contributed by atoms with van der Waals surface area (Å²) in [5.74, 6) is 0.450. The van der Waals surface area contributed by atoms with E-state index < -0.39 is 10.8 Å². The average molecular weight is 478 g/mol. The van der Waals surface area contributed by atoms with Gasteiger partial charge in [0.2, 0.25) is 0 Å². The zero-order valence-corrected chi connectivity index (χ0v) is 19.9. The van der Waals surface area contributed by atoms with Crippen LogP contribution in [0.1, 0.15) is 34.8 Å². The first-order valence-electron chi connectivity index (χ1n) is 11.0. The third-order valence-corrected chi connectivity index (χ3v) is 6.64. The van der Waals surface area contributed by atoms with Crippen molar-refractivity contribution in [1.29, 1.82) is 5.41 Å². The van der Waals surface area contributed by atoms with Crippen molar-refractivity contribution in [2.75, 3.05) is 24.3 Å². The molecule has 1 aliphatic rings. The van der Waals surface area contributed by atoms with E-state index in [1.807, 2.05) is 29.2 Å². The second kappa shape index (κ2) is 10.1. The van der Waals surface area contributed by atoms with Crippen molar-refractivity contribution in [3.8, 4) is 11.5 Å². The van der Waals surface area contributed by atoms with Crippen LogP contribution < -0.4 is 15.0 Å². The Kier molecular flexibility index (Phi) is 6.98. The summed E-state index contributed by atoms with van der Waals surface area (Å²) in [6.45, 7) is 3.21. The third kappa shape index (κ3) is 5.12. The second-order valence-electron chi connectivity index (χ2n) is 8.14. The quantitative estimate of drug-likeness (QED) is 0.458. The van der Waals surface area contributed by atoms with Gasteiger partial charge in [-0.1, -0.05) is 12.1 Å². The van der Waals surface area contributed by atoms with Crippen molar-refractivity contribution >= 4 is 33.8 Å². The Bertz CT molecular complexity index is 1260. The molecule has 0 bridgehead atoms. The highest BCUT2D eigenvalue weighted by molar-refractivity contribution is 7.84. The Labute approximate surface area is 201 Å². The van der Waals surface area contributed by atoms with Crippen LogP contribution in [0, 0.1) is 5.41 Å². The molecular formula is C26H27N3O4S. The predicted molar refractivity (Wildman–Crippen MR) is 134 cm³/mol. The van der Waals surface area contributed by atoms with Gasteiger partial charge in [-0.25, -0.2) is 0 Å². The highest BCUT2D eigenvalue weighted by atomic mass is 32.2. The van der Waals surface area contributed by atoms with Gasteiger partial charge in [-0.05, 0) is 61.4 Å². The number of benzene rings is 3. The normalized spacial score (nSPS) is 13.9. The number of rotatable bonds is 6. The average Bonchev–Trinajstić information content (AvgIpc) is 3.04. The lowest BCUT2D eigenvalue weighted by Crippen LogP contribution is -2.23. The van der Waals surface area contributed by atoms with Gasteiger partial charge in [-0.3, -0.25) is 9.00 Å². The van der Waals surface area contributed by atoms with Crippen molar-refractivity contribution in [2.24, 2.45) is 0 Å². The molecule has 3 N–H and O–H groups in total. The van der Waals surface area contributed by atoms with Crippen LogP contribution in [0.5, 0.6) is 11.5 Å². The molecule has 0 saturated heterocycles. The number of ether oxygens (including phenoxy) is 1. The molecule has 0 fully saturated rings. The van der Waals surface area contributed by atoms with Crippen LogP contribution in [0.15, 0.2) is 65.6 Å². The Morgan fingerprint density at radius 3 is 2.59 bits per heavy atom. The maximum absolute atomic E-state index is 12.8. The van der Waals surface area contributed by atoms with E-state index >= 15 is 0 Å². The van der Waals surface area contributed by atoms with E-state index in [-0.39, 0.29) is 11.7 Å². The summed E-state index contributed by atoms with van der Waals surface area (Å²) >= 11 is 0. The predicted octanol–water partition coefficient (Wildman–Crippen LogP) is 4.37. The molecule has 1 unspecified atom stereocenters. The smallest absolute Gasteiger partial charge is 0.251 e. The Balaban J connectivity index is 1.52. The van der Waals surface area contributed by atoms with E-state index in [0.717, 1.165) is 28.3 Å². The first-order valence-corrected chi connectivity index (χ1v) is 12.5. The van der Waals surface area contributed by atoms with Crippen LogP contribution in [0.2, 0.25) is 0 Å². The zero-order valence-electron chi connectivity index (χ0n) is 19.1. The molecule has 1 aliphatic heterocycles. The minimum Gasteiger partial charge on any atom is -0.507 e. The van der Waals surface area contributed by atoms with E-state index in [1.165, 1.54) is 0 Å². The van der Waals surface area contributed by atoms with Gasteiger partial charge < -0.3 is 25.5 Å². The molecular weight excluding hydrogens is 450 g/mol. The Morgan fingerprint density at radius 2 is 1.91 bits per heavy atom. The van der Waals surface area contributed by atoms with Gasteiger partial charge in [0.15, 0.2) is 0 Å². The number of nitrogens with zero attached hydrogens (tertiary/aromatic N) is 1. The number of carbonyl (C=O) groups is 1. The lowest BCUT2D eigenvalue weighted by Gasteiger charge is -2.25. The molecule has 1 amide bonds. The van der Waals surface area contributed by atoms with Crippen LogP contribution >= 0.6 is 0 Å². The molecule has 1 atom stereocenters. The number of aromatic hydroxyl groups is 1. The Hall–Kier alpha value is -3.65. The van der Waals surface area contributed by atoms with Crippen LogP contribution in [0.25, 0.3) is 0 Å². The van der Waals surface area contributed by atoms with Crippen molar-refractivity contribution in [3.05, 3.63) is 77.4 Å². The minimum absolute atomic E-state index is 0.0610. The molecule has 0 aromatic heterocycles. The molecule has 0 spiro atoms. The van der Waals surface area contributed by atoms with E-state index in [0.29, 0.717) is 42.3 Å². The van der Waals surface area contributed by atoms with Crippen molar-refractivity contribution < 1.29 is 18.8 Å². The number of hydrogen-bond donors (Lipinski definition) is 3. The molecule has 8 heteroatoms. The fraction of sp³-hybridized carbons (Fsp3) is 0.231. The zero-order chi connectivity index (χ0) is 24.2. The number of anilines is 2. The van der Waals surface area contributed by atoms with Gasteiger partial charge in [0.25, 0.3) is 5.91 Å². The highest BCUT2D eigenvalue weighted by Crippen LogP contribution is 2.38. The summed E-state index contributed by atoms with van der Waals surface area (Å²) in [4.78, 5) is 15.6. The van der Waals surface area contributed by atoms with Gasteiger partial charge in [0, 0.05) is 63.6 Å². The fourth-order valence-corrected chi connectivity index (χ4v) is 4.40. The standard InChI is InChI=1S/C26H27N3O4S/c1-17(27)22-10-7-20(15-24(22)30)29-12-3-13-33-25-14-19(6-11-23(25)29)26(31)28-16-18-4-8-21(9-5-18)34(2)32/h4-11,14-15,27,30H,3,12-13,16H2,1-2H3,(H,28,31). The number of hydrogen-bond acceptors (Lipinski definition) is 6. The van der Waals surface area contributed by atoms with E-state index in [9.17, 15) is 14.1 Å². The second-order valence-corrected chi connectivity index (χ2v) is 9.52. The van der Waals surface area contributed by atoms with Crippen LogP contribution in [-0.4, -0.2) is 40.3 Å². The van der Waals surface area contributed by atoms with Crippen molar-refractivity contribution in [2.45, 2.75) is 24.8 Å². The van der Waals surface area contributed by atoms with Crippen LogP contribution in [0.3, 0.4) is 0 Å². The molecule has 1 heterocycles. The topological polar surface area (TPSA) is 103 Å². The first kappa shape index (κ1) is 23.5. The summed E-state index contributed by atoms with van der Waals surface area (Å²) in [5, 5.41) is 21.1. The maximum atomic E-state index is 12.8. The molecule has 7 nitrogen and oxygen atoms in total. The van der Waals surface area contributed by atoms with Gasteiger partial charge >= 0.3 is 0 Å². The van der Waals surface area contributed by atoms with Gasteiger partial charge in [-0.15, -0.1) is 0 Å². The lowest BCUT2D eigenvalue weighted by molar-refractivity contribution is 0.0950. The molecule has 4 rings (SSSR count). The van der Waals surface area contributed by atoms with Gasteiger partial charge in [0.05, 0.1) is 12.3 Å². The fourth-order valence-electron chi connectivity index (χ4n) is 3.88. The third-order valence-electron chi connectivity index (χ3n) is 5.70. The van der Waals surface area contributed by atoms with Crippen molar-refractivity contribution in [1.82, 2.24) is 5.32 Å². The van der Waals surface area contributed by atoms with Crippen molar-refractivity contribution in [3.63, 3.8) is 0 Å². The van der Waals surface area contributed by atoms with E-state index in [1.54, 1.807) is 49.6 Å². The number of carbonyl (C=O) groups excluding carboxylic acids is 1. The molecule has 3 aromatic carbocycles. The number of amides is 1. The summed E-state index contributed by atoms with van der Waals surface area (Å²) in [5.41, 5.74) is 3.82.